The van der Waals surface area contributed by atoms with Crippen LogP contribution in [0.5, 0.6) is 0 Å². The predicted molar refractivity (Wildman–Crippen MR) is 130 cm³/mol. The average molecular weight is 516 g/mol. The molecule has 5 rings (SSSR count). The monoisotopic (exact) mass is 515 g/mol. The number of furan rings is 1. The number of nitrogens with zero attached hydrogens (tertiary/aromatic N) is 2. The second-order valence-corrected chi connectivity index (χ2v) is 10.9. The Morgan fingerprint density at radius 2 is 1.89 bits per heavy atom. The molecule has 1 aliphatic carbocycles. The standard InChI is InChI=1S/C24H23F2N5O4S/c1-11-8-17(35-12(11)2)14-6-7-15(18(9-14)36(3,33)34)27-16-10-19(29-24(32)13-4-5-13)28-22-20(16)30-23(31-22)21(25)26/h6-10,13,21H,4-5H2,1-3H3,(H3,27,28,29,30,31,32). The molecule has 1 fully saturated rings. The number of H-pyrrole nitrogens is 1. The highest BCUT2D eigenvalue weighted by Gasteiger charge is 2.30. The highest BCUT2D eigenvalue weighted by atomic mass is 32.2. The molecule has 1 aliphatic rings. The number of aromatic amines is 1. The van der Waals surface area contributed by atoms with Crippen LogP contribution in [0.3, 0.4) is 0 Å². The van der Waals surface area contributed by atoms with Crippen molar-refractivity contribution < 1.29 is 26.4 Å². The number of alkyl halides is 2. The first-order valence-electron chi connectivity index (χ1n) is 11.2. The minimum Gasteiger partial charge on any atom is -0.461 e. The third-order valence-electron chi connectivity index (χ3n) is 5.98. The lowest BCUT2D eigenvalue weighted by molar-refractivity contribution is -0.117. The van der Waals surface area contributed by atoms with E-state index in [1.807, 2.05) is 19.9 Å². The third-order valence-corrected chi connectivity index (χ3v) is 7.12. The highest BCUT2D eigenvalue weighted by molar-refractivity contribution is 7.90. The van der Waals surface area contributed by atoms with E-state index in [0.29, 0.717) is 11.3 Å². The van der Waals surface area contributed by atoms with E-state index in [1.165, 1.54) is 12.1 Å². The molecule has 0 unspecified atom stereocenters. The number of hydrogen-bond acceptors (Lipinski definition) is 7. The largest absolute Gasteiger partial charge is 0.461 e. The SMILES string of the molecule is Cc1cc(-c2ccc(Nc3cc(NC(=O)C4CC4)nc4[nH]c(C(F)F)nc34)c(S(C)(=O)=O)c2)oc1C. The van der Waals surface area contributed by atoms with Gasteiger partial charge in [0.15, 0.2) is 21.3 Å². The summed E-state index contributed by atoms with van der Waals surface area (Å²) in [6, 6.07) is 8.00. The van der Waals surface area contributed by atoms with Crippen LogP contribution in [-0.4, -0.2) is 35.5 Å². The Bertz CT molecular complexity index is 1590. The van der Waals surface area contributed by atoms with Crippen molar-refractivity contribution in [2.24, 2.45) is 5.92 Å². The first-order chi connectivity index (χ1) is 17.0. The van der Waals surface area contributed by atoms with Crippen molar-refractivity contribution in [1.29, 1.82) is 0 Å². The molecule has 0 bridgehead atoms. The van der Waals surface area contributed by atoms with Gasteiger partial charge < -0.3 is 20.0 Å². The molecular weight excluding hydrogens is 492 g/mol. The first kappa shape index (κ1) is 23.9. The van der Waals surface area contributed by atoms with Gasteiger partial charge in [0.25, 0.3) is 6.43 Å². The molecule has 1 saturated carbocycles. The molecule has 1 aromatic carbocycles. The number of anilines is 3. The number of aromatic nitrogens is 3. The summed E-state index contributed by atoms with van der Waals surface area (Å²) in [4.78, 5) is 22.9. The van der Waals surface area contributed by atoms with Crippen LogP contribution in [0.25, 0.3) is 22.5 Å². The van der Waals surface area contributed by atoms with E-state index in [1.54, 1.807) is 12.1 Å². The van der Waals surface area contributed by atoms with Gasteiger partial charge in [-0.25, -0.2) is 27.2 Å². The molecule has 188 valence electrons. The molecule has 0 radical (unpaired) electrons. The number of imidazole rings is 1. The predicted octanol–water partition coefficient (Wildman–Crippen LogP) is 5.27. The summed E-state index contributed by atoms with van der Waals surface area (Å²) in [5.74, 6) is 0.467. The molecule has 36 heavy (non-hydrogen) atoms. The number of halogens is 2. The van der Waals surface area contributed by atoms with Gasteiger partial charge in [-0.2, -0.15) is 0 Å². The Morgan fingerprint density at radius 1 is 1.14 bits per heavy atom. The summed E-state index contributed by atoms with van der Waals surface area (Å²) in [6.07, 6.45) is -0.250. The molecule has 12 heteroatoms. The summed E-state index contributed by atoms with van der Waals surface area (Å²) in [6.45, 7) is 3.71. The number of fused-ring (bicyclic) bond motifs is 1. The molecule has 3 N–H and O–H groups in total. The van der Waals surface area contributed by atoms with E-state index in [9.17, 15) is 22.0 Å². The number of nitrogens with one attached hydrogen (secondary N) is 3. The van der Waals surface area contributed by atoms with Crippen molar-refractivity contribution >= 4 is 44.1 Å². The maximum Gasteiger partial charge on any atom is 0.295 e. The van der Waals surface area contributed by atoms with Crippen molar-refractivity contribution in [3.63, 3.8) is 0 Å². The lowest BCUT2D eigenvalue weighted by Crippen LogP contribution is -2.14. The Morgan fingerprint density at radius 3 is 2.50 bits per heavy atom. The maximum atomic E-state index is 13.3. The van der Waals surface area contributed by atoms with Crippen LogP contribution in [0.4, 0.5) is 26.0 Å². The maximum absolute atomic E-state index is 13.3. The normalized spacial score (nSPS) is 13.9. The van der Waals surface area contributed by atoms with Crippen LogP contribution in [-0.2, 0) is 14.6 Å². The second kappa shape index (κ2) is 8.70. The highest BCUT2D eigenvalue weighted by Crippen LogP contribution is 2.36. The zero-order chi connectivity index (χ0) is 25.8. The van der Waals surface area contributed by atoms with E-state index in [0.717, 1.165) is 30.4 Å². The van der Waals surface area contributed by atoms with E-state index in [4.69, 9.17) is 4.42 Å². The van der Waals surface area contributed by atoms with Gasteiger partial charge >= 0.3 is 0 Å². The smallest absolute Gasteiger partial charge is 0.295 e. The summed E-state index contributed by atoms with van der Waals surface area (Å²) in [5.41, 5.74) is 2.01. The molecule has 0 spiro atoms. The third kappa shape index (κ3) is 4.68. The van der Waals surface area contributed by atoms with Gasteiger partial charge in [-0.3, -0.25) is 4.79 Å². The number of rotatable bonds is 7. The van der Waals surface area contributed by atoms with Crippen LogP contribution in [0.2, 0.25) is 0 Å². The second-order valence-electron chi connectivity index (χ2n) is 8.90. The summed E-state index contributed by atoms with van der Waals surface area (Å²) in [7, 11) is -3.72. The number of sulfone groups is 1. The van der Waals surface area contributed by atoms with Gasteiger partial charge in [0.05, 0.1) is 16.3 Å². The van der Waals surface area contributed by atoms with Crippen molar-refractivity contribution in [1.82, 2.24) is 15.0 Å². The van der Waals surface area contributed by atoms with E-state index in [-0.39, 0.29) is 45.1 Å². The van der Waals surface area contributed by atoms with Gasteiger partial charge in [0.1, 0.15) is 22.9 Å². The Kier molecular flexibility index (Phi) is 5.78. The van der Waals surface area contributed by atoms with Crippen LogP contribution in [0, 0.1) is 19.8 Å². The fraction of sp³-hybridized carbons (Fsp3) is 0.292. The number of benzene rings is 1. The molecule has 1 amide bonds. The van der Waals surface area contributed by atoms with E-state index < -0.39 is 22.1 Å². The molecule has 4 aromatic rings. The van der Waals surface area contributed by atoms with Crippen LogP contribution < -0.4 is 10.6 Å². The molecule has 0 saturated heterocycles. The summed E-state index contributed by atoms with van der Waals surface area (Å²) >= 11 is 0. The fourth-order valence-corrected chi connectivity index (χ4v) is 4.65. The number of amides is 1. The number of hydrogen-bond donors (Lipinski definition) is 3. The number of aryl methyl sites for hydroxylation is 2. The lowest BCUT2D eigenvalue weighted by atomic mass is 10.1. The Labute approximate surface area is 205 Å². The first-order valence-corrected chi connectivity index (χ1v) is 13.1. The quantitative estimate of drug-likeness (QED) is 0.306. The topological polar surface area (TPSA) is 130 Å². The van der Waals surface area contributed by atoms with Crippen molar-refractivity contribution in [2.75, 3.05) is 16.9 Å². The molecule has 0 atom stereocenters. The van der Waals surface area contributed by atoms with Crippen LogP contribution in [0.15, 0.2) is 39.6 Å². The molecule has 3 heterocycles. The number of pyridine rings is 1. The van der Waals surface area contributed by atoms with Crippen molar-refractivity contribution in [3.05, 3.63) is 47.5 Å². The molecule has 3 aromatic heterocycles. The Hall–Kier alpha value is -3.80. The van der Waals surface area contributed by atoms with Crippen LogP contribution >= 0.6 is 0 Å². The van der Waals surface area contributed by atoms with Gasteiger partial charge in [-0.05, 0) is 56.5 Å². The van der Waals surface area contributed by atoms with Crippen molar-refractivity contribution in [3.8, 4) is 11.3 Å². The van der Waals surface area contributed by atoms with Gasteiger partial charge in [-0.1, -0.05) is 0 Å². The number of carbonyl (C=O) groups excluding carboxylic acids is 1. The van der Waals surface area contributed by atoms with Gasteiger partial charge in [0, 0.05) is 23.8 Å². The average Bonchev–Trinajstić information content (AvgIpc) is 3.48. The van der Waals surface area contributed by atoms with Gasteiger partial charge in [0.2, 0.25) is 5.91 Å². The Balaban J connectivity index is 1.59. The summed E-state index contributed by atoms with van der Waals surface area (Å²) in [5, 5.41) is 5.69. The fourth-order valence-electron chi connectivity index (χ4n) is 3.79. The lowest BCUT2D eigenvalue weighted by Gasteiger charge is -2.14. The zero-order valence-electron chi connectivity index (χ0n) is 19.6. The van der Waals surface area contributed by atoms with Gasteiger partial charge in [-0.15, -0.1) is 0 Å². The molecule has 0 aliphatic heterocycles. The number of carbonyl (C=O) groups is 1. The zero-order valence-corrected chi connectivity index (χ0v) is 20.5. The molecular formula is C24H23F2N5O4S. The van der Waals surface area contributed by atoms with E-state index >= 15 is 0 Å². The van der Waals surface area contributed by atoms with Crippen LogP contribution in [0.1, 0.15) is 36.4 Å². The van der Waals surface area contributed by atoms with Crippen molar-refractivity contribution in [2.45, 2.75) is 38.0 Å². The summed E-state index contributed by atoms with van der Waals surface area (Å²) < 4.78 is 57.8. The minimum absolute atomic E-state index is 0.0233. The minimum atomic E-state index is -3.72. The molecule has 9 nitrogen and oxygen atoms in total. The van der Waals surface area contributed by atoms with E-state index in [2.05, 4.69) is 25.6 Å².